The van der Waals surface area contributed by atoms with Crippen LogP contribution in [0.25, 0.3) is 0 Å². The molecule has 1 saturated heterocycles. The molecule has 0 N–H and O–H groups in total. The van der Waals surface area contributed by atoms with Crippen LogP contribution in [-0.2, 0) is 16.1 Å². The highest BCUT2D eigenvalue weighted by molar-refractivity contribution is 5.69. The van der Waals surface area contributed by atoms with Crippen LogP contribution in [0.2, 0.25) is 0 Å². The van der Waals surface area contributed by atoms with Crippen LogP contribution in [0.5, 0.6) is 0 Å². The molecule has 1 amide bonds. The van der Waals surface area contributed by atoms with E-state index in [2.05, 4.69) is 32.9 Å². The van der Waals surface area contributed by atoms with Gasteiger partial charge in [0.25, 0.3) is 0 Å². The maximum Gasteiger partial charge on any atom is 0.410 e. The van der Waals surface area contributed by atoms with Crippen molar-refractivity contribution in [1.82, 2.24) is 4.90 Å². The van der Waals surface area contributed by atoms with Crippen molar-refractivity contribution in [2.24, 2.45) is 5.92 Å². The molecule has 0 saturated carbocycles. The monoisotopic (exact) mass is 325 g/mol. The minimum absolute atomic E-state index is 0.213. The Bertz CT molecular complexity index is 739. The van der Waals surface area contributed by atoms with Crippen molar-refractivity contribution in [3.8, 4) is 0 Å². The number of fused-ring (bicyclic) bond motifs is 5. The predicted molar refractivity (Wildman–Crippen MR) is 91.4 cm³/mol. The average molecular weight is 325 g/mol. The number of hydrogen-bond acceptors (Lipinski definition) is 3. The van der Waals surface area contributed by atoms with E-state index in [-0.39, 0.29) is 23.2 Å². The molecule has 0 aliphatic carbocycles. The van der Waals surface area contributed by atoms with E-state index in [0.717, 1.165) is 5.56 Å². The van der Waals surface area contributed by atoms with E-state index >= 15 is 0 Å². The van der Waals surface area contributed by atoms with Gasteiger partial charge < -0.3 is 14.4 Å². The first-order valence-corrected chi connectivity index (χ1v) is 8.48. The van der Waals surface area contributed by atoms with Gasteiger partial charge in [0.1, 0.15) is 12.2 Å². The zero-order chi connectivity index (χ0) is 16.9. The van der Waals surface area contributed by atoms with E-state index in [1.54, 1.807) is 4.90 Å². The summed E-state index contributed by atoms with van der Waals surface area (Å²) in [6, 6.07) is 9.77. The molecule has 1 aromatic rings. The summed E-state index contributed by atoms with van der Waals surface area (Å²) in [5, 5.41) is 0. The fraction of sp³-hybridized carbons (Fsp3) is 0.450. The Morgan fingerprint density at radius 1 is 1.29 bits per heavy atom. The average Bonchev–Trinajstić information content (AvgIpc) is 3.01. The largest absolute Gasteiger partial charge is 0.445 e. The van der Waals surface area contributed by atoms with E-state index in [9.17, 15) is 4.79 Å². The Morgan fingerprint density at radius 2 is 2.04 bits per heavy atom. The summed E-state index contributed by atoms with van der Waals surface area (Å²) < 4.78 is 11.8. The Labute approximate surface area is 142 Å². The lowest BCUT2D eigenvalue weighted by Crippen LogP contribution is -2.47. The molecule has 4 nitrogen and oxygen atoms in total. The molecule has 4 heteroatoms. The number of ether oxygens (including phenoxy) is 2. The van der Waals surface area contributed by atoms with Gasteiger partial charge in [0.2, 0.25) is 0 Å². The highest BCUT2D eigenvalue weighted by atomic mass is 16.6. The van der Waals surface area contributed by atoms with Gasteiger partial charge in [0.05, 0.1) is 5.60 Å². The van der Waals surface area contributed by atoms with Crippen molar-refractivity contribution in [1.29, 1.82) is 0 Å². The molecule has 0 spiro atoms. The zero-order valence-electron chi connectivity index (χ0n) is 14.4. The van der Waals surface area contributed by atoms with Gasteiger partial charge in [-0.25, -0.2) is 4.79 Å². The lowest BCUT2D eigenvalue weighted by molar-refractivity contribution is -0.0206. The van der Waals surface area contributed by atoms with Gasteiger partial charge in [0, 0.05) is 19.0 Å². The van der Waals surface area contributed by atoms with Gasteiger partial charge >= 0.3 is 6.09 Å². The van der Waals surface area contributed by atoms with Crippen molar-refractivity contribution >= 4 is 6.09 Å². The number of carbonyl (C=O) groups excluding carboxylic acids is 1. The second-order valence-corrected chi connectivity index (χ2v) is 7.39. The summed E-state index contributed by atoms with van der Waals surface area (Å²) in [5.74, 6) is 0.213. The van der Waals surface area contributed by atoms with Gasteiger partial charge in [0.15, 0.2) is 0 Å². The molecule has 4 rings (SSSR count). The zero-order valence-corrected chi connectivity index (χ0v) is 14.4. The van der Waals surface area contributed by atoms with Crippen LogP contribution < -0.4 is 0 Å². The summed E-state index contributed by atoms with van der Waals surface area (Å²) in [6.07, 6.45) is 4.05. The van der Waals surface area contributed by atoms with Gasteiger partial charge in [-0.3, -0.25) is 0 Å². The molecule has 0 unspecified atom stereocenters. The van der Waals surface area contributed by atoms with Gasteiger partial charge in [-0.2, -0.15) is 0 Å². The summed E-state index contributed by atoms with van der Waals surface area (Å²) in [7, 11) is 0. The van der Waals surface area contributed by atoms with Gasteiger partial charge in [-0.05, 0) is 31.9 Å². The highest BCUT2D eigenvalue weighted by Gasteiger charge is 2.58. The maximum atomic E-state index is 12.5. The minimum Gasteiger partial charge on any atom is -0.445 e. The number of rotatable bonds is 2. The van der Waals surface area contributed by atoms with Crippen LogP contribution in [0.1, 0.15) is 26.3 Å². The number of carbonyl (C=O) groups is 1. The topological polar surface area (TPSA) is 38.8 Å². The molecule has 126 valence electrons. The quantitative estimate of drug-likeness (QED) is 0.779. The first-order valence-electron chi connectivity index (χ1n) is 8.48. The van der Waals surface area contributed by atoms with Crippen molar-refractivity contribution in [3.63, 3.8) is 0 Å². The third-order valence-electron chi connectivity index (χ3n) is 5.49. The normalized spacial score (nSPS) is 33.8. The Balaban J connectivity index is 1.49. The van der Waals surface area contributed by atoms with Gasteiger partial charge in [-0.15, -0.1) is 0 Å². The van der Waals surface area contributed by atoms with Crippen molar-refractivity contribution in [2.75, 3.05) is 13.1 Å². The summed E-state index contributed by atoms with van der Waals surface area (Å²) in [4.78, 5) is 14.3. The number of hydrogen-bond donors (Lipinski definition) is 0. The lowest BCUT2D eigenvalue weighted by atomic mass is 9.72. The molecule has 0 radical (unpaired) electrons. The molecule has 1 aromatic carbocycles. The van der Waals surface area contributed by atoms with Crippen LogP contribution >= 0.6 is 0 Å². The van der Waals surface area contributed by atoms with Gasteiger partial charge in [-0.1, -0.05) is 48.1 Å². The summed E-state index contributed by atoms with van der Waals surface area (Å²) in [5.41, 5.74) is 2.95. The van der Waals surface area contributed by atoms with E-state index in [0.29, 0.717) is 19.7 Å². The molecular weight excluding hydrogens is 302 g/mol. The van der Waals surface area contributed by atoms with E-state index in [1.807, 2.05) is 30.3 Å². The predicted octanol–water partition coefficient (Wildman–Crippen LogP) is 3.69. The highest BCUT2D eigenvalue weighted by Crippen LogP contribution is 2.55. The van der Waals surface area contributed by atoms with Crippen LogP contribution in [-0.4, -0.2) is 35.3 Å². The number of nitrogens with zero attached hydrogens (tertiary/aromatic N) is 1. The number of benzene rings is 1. The molecule has 3 heterocycles. The standard InChI is InChI=1S/C20H23NO3/c1-14-11-21(18(22)23-13-15-7-5-4-6-8-15)12-16-17(14)20(3)10-9-19(16,2)24-20/h4-10,16H,11-13H2,1-3H3/t16-,19-,20+/m0/s1. The summed E-state index contributed by atoms with van der Waals surface area (Å²) in [6.45, 7) is 7.90. The van der Waals surface area contributed by atoms with Crippen molar-refractivity contribution in [2.45, 2.75) is 38.6 Å². The first kappa shape index (κ1) is 15.5. The Morgan fingerprint density at radius 3 is 2.79 bits per heavy atom. The maximum absolute atomic E-state index is 12.5. The third-order valence-corrected chi connectivity index (χ3v) is 5.49. The second kappa shape index (κ2) is 5.21. The molecule has 24 heavy (non-hydrogen) atoms. The fourth-order valence-corrected chi connectivity index (χ4v) is 4.41. The van der Waals surface area contributed by atoms with Crippen LogP contribution in [0.3, 0.4) is 0 Å². The SMILES string of the molecule is CC1=C2[C@H](CN(C(=O)OCc3ccccc3)C1)[C@]1(C)C=C[C@@]2(C)O1. The van der Waals surface area contributed by atoms with Crippen LogP contribution in [0.15, 0.2) is 53.6 Å². The number of amides is 1. The molecule has 3 aliphatic heterocycles. The summed E-state index contributed by atoms with van der Waals surface area (Å²) >= 11 is 0. The molecule has 1 fully saturated rings. The molecular formula is C20H23NO3. The van der Waals surface area contributed by atoms with Crippen LogP contribution in [0, 0.1) is 5.92 Å². The molecule has 3 aliphatic rings. The van der Waals surface area contributed by atoms with Crippen molar-refractivity contribution < 1.29 is 14.3 Å². The molecule has 2 bridgehead atoms. The van der Waals surface area contributed by atoms with E-state index in [1.165, 1.54) is 11.1 Å². The first-order chi connectivity index (χ1) is 11.4. The Hall–Kier alpha value is -2.07. The fourth-order valence-electron chi connectivity index (χ4n) is 4.41. The second-order valence-electron chi connectivity index (χ2n) is 7.39. The van der Waals surface area contributed by atoms with E-state index < -0.39 is 0 Å². The molecule has 3 atom stereocenters. The minimum atomic E-state index is -0.316. The lowest BCUT2D eigenvalue weighted by Gasteiger charge is -2.38. The van der Waals surface area contributed by atoms with Crippen LogP contribution in [0.4, 0.5) is 4.79 Å². The smallest absolute Gasteiger partial charge is 0.410 e. The van der Waals surface area contributed by atoms with Crippen molar-refractivity contribution in [3.05, 3.63) is 59.2 Å². The Kier molecular flexibility index (Phi) is 3.36. The van der Waals surface area contributed by atoms with E-state index in [4.69, 9.17) is 9.47 Å². The third kappa shape index (κ3) is 2.28. The molecule has 0 aromatic heterocycles.